The molecule has 0 unspecified atom stereocenters. The van der Waals surface area contributed by atoms with E-state index in [2.05, 4.69) is 10.1 Å². The zero-order valence-corrected chi connectivity index (χ0v) is 8.14. The minimum Gasteiger partial charge on any atom is -0.356 e. The summed E-state index contributed by atoms with van der Waals surface area (Å²) in [6.45, 7) is 1.35. The van der Waals surface area contributed by atoms with Crippen LogP contribution in [0.15, 0.2) is 40.8 Å². The van der Waals surface area contributed by atoms with E-state index < -0.39 is 0 Å². The highest BCUT2D eigenvalue weighted by molar-refractivity contribution is 5.57. The Hall–Kier alpha value is -1.97. The molecule has 0 atom stereocenters. The fourth-order valence-electron chi connectivity index (χ4n) is 1.19. The van der Waals surface area contributed by atoms with Crippen LogP contribution in [0, 0.1) is 0 Å². The van der Waals surface area contributed by atoms with E-state index in [1.807, 2.05) is 18.2 Å². The standard InChI is InChI=1S/C11H9FN2O/c1-8(12)6-9-7-11(14-15-9)10-4-2-3-5-13-10/h2-7H,1H3/b8-6+. The van der Waals surface area contributed by atoms with Crippen molar-refractivity contribution in [1.82, 2.24) is 10.1 Å². The van der Waals surface area contributed by atoms with E-state index in [1.54, 1.807) is 12.3 Å². The molecule has 0 N–H and O–H groups in total. The van der Waals surface area contributed by atoms with Gasteiger partial charge in [0.05, 0.1) is 5.69 Å². The minimum atomic E-state index is -0.321. The van der Waals surface area contributed by atoms with E-state index in [-0.39, 0.29) is 5.83 Å². The van der Waals surface area contributed by atoms with Crippen LogP contribution in [0.2, 0.25) is 0 Å². The number of aromatic nitrogens is 2. The van der Waals surface area contributed by atoms with Gasteiger partial charge in [-0.3, -0.25) is 4.98 Å². The predicted molar refractivity (Wildman–Crippen MR) is 54.5 cm³/mol. The Morgan fingerprint density at radius 2 is 2.27 bits per heavy atom. The summed E-state index contributed by atoms with van der Waals surface area (Å²) in [5.41, 5.74) is 1.31. The average molecular weight is 204 g/mol. The van der Waals surface area contributed by atoms with Crippen molar-refractivity contribution < 1.29 is 8.91 Å². The van der Waals surface area contributed by atoms with Gasteiger partial charge in [0.15, 0.2) is 5.76 Å². The van der Waals surface area contributed by atoms with Crippen molar-refractivity contribution in [3.63, 3.8) is 0 Å². The Morgan fingerprint density at radius 3 is 2.93 bits per heavy atom. The monoisotopic (exact) mass is 204 g/mol. The molecule has 2 heterocycles. The summed E-state index contributed by atoms with van der Waals surface area (Å²) in [6.07, 6.45) is 2.94. The second-order valence-electron chi connectivity index (χ2n) is 3.06. The zero-order chi connectivity index (χ0) is 10.7. The molecule has 2 aromatic heterocycles. The molecule has 3 nitrogen and oxygen atoms in total. The highest BCUT2D eigenvalue weighted by atomic mass is 19.1. The van der Waals surface area contributed by atoms with Crippen molar-refractivity contribution in [2.45, 2.75) is 6.92 Å². The normalized spacial score (nSPS) is 11.7. The van der Waals surface area contributed by atoms with E-state index in [4.69, 9.17) is 4.52 Å². The minimum absolute atomic E-state index is 0.321. The highest BCUT2D eigenvalue weighted by Gasteiger charge is 2.05. The lowest BCUT2D eigenvalue weighted by Crippen LogP contribution is -1.79. The fraction of sp³-hybridized carbons (Fsp3) is 0.0909. The van der Waals surface area contributed by atoms with E-state index in [9.17, 15) is 4.39 Å². The van der Waals surface area contributed by atoms with E-state index >= 15 is 0 Å². The van der Waals surface area contributed by atoms with Gasteiger partial charge < -0.3 is 4.52 Å². The predicted octanol–water partition coefficient (Wildman–Crippen LogP) is 3.07. The molecule has 4 heteroatoms. The van der Waals surface area contributed by atoms with Gasteiger partial charge >= 0.3 is 0 Å². The van der Waals surface area contributed by atoms with Gasteiger partial charge in [-0.1, -0.05) is 11.2 Å². The summed E-state index contributed by atoms with van der Waals surface area (Å²) in [5, 5.41) is 3.79. The van der Waals surface area contributed by atoms with Gasteiger partial charge in [-0.25, -0.2) is 4.39 Å². The van der Waals surface area contributed by atoms with Crippen LogP contribution in [0.3, 0.4) is 0 Å². The van der Waals surface area contributed by atoms with Crippen LogP contribution in [0.1, 0.15) is 12.7 Å². The molecule has 0 aromatic carbocycles. The van der Waals surface area contributed by atoms with Gasteiger partial charge in [0.25, 0.3) is 0 Å². The van der Waals surface area contributed by atoms with Crippen molar-refractivity contribution in [1.29, 1.82) is 0 Å². The molecular weight excluding hydrogens is 195 g/mol. The van der Waals surface area contributed by atoms with E-state index in [0.29, 0.717) is 17.1 Å². The molecule has 0 bridgehead atoms. The van der Waals surface area contributed by atoms with Crippen LogP contribution < -0.4 is 0 Å². The number of rotatable bonds is 2. The number of pyridine rings is 1. The van der Waals surface area contributed by atoms with Crippen LogP contribution in [0.5, 0.6) is 0 Å². The first-order valence-electron chi connectivity index (χ1n) is 4.47. The maximum Gasteiger partial charge on any atom is 0.162 e. The summed E-state index contributed by atoms with van der Waals surface area (Å²) in [6, 6.07) is 7.13. The molecule has 0 spiro atoms. The molecule has 0 aliphatic carbocycles. The lowest BCUT2D eigenvalue weighted by atomic mass is 10.2. The van der Waals surface area contributed by atoms with Gasteiger partial charge in [0, 0.05) is 18.3 Å². The lowest BCUT2D eigenvalue weighted by molar-refractivity contribution is 0.414. The SMILES string of the molecule is C/C(F)=C\c1cc(-c2ccccn2)no1. The molecule has 0 amide bonds. The van der Waals surface area contributed by atoms with Gasteiger partial charge in [0.1, 0.15) is 11.5 Å². The largest absolute Gasteiger partial charge is 0.356 e. The van der Waals surface area contributed by atoms with Crippen molar-refractivity contribution in [3.05, 3.63) is 42.0 Å². The number of halogens is 1. The molecule has 0 radical (unpaired) electrons. The molecular formula is C11H9FN2O. The van der Waals surface area contributed by atoms with Crippen LogP contribution in [0.25, 0.3) is 17.5 Å². The zero-order valence-electron chi connectivity index (χ0n) is 8.14. The van der Waals surface area contributed by atoms with Gasteiger partial charge in [0.2, 0.25) is 0 Å². The first-order chi connectivity index (χ1) is 7.25. The molecule has 0 fully saturated rings. The van der Waals surface area contributed by atoms with Crippen molar-refractivity contribution in [2.24, 2.45) is 0 Å². The van der Waals surface area contributed by atoms with Crippen molar-refractivity contribution in [3.8, 4) is 11.4 Å². The first kappa shape index (κ1) is 9.58. The van der Waals surface area contributed by atoms with Gasteiger partial charge in [-0.05, 0) is 19.1 Å². The third-order valence-corrected chi connectivity index (χ3v) is 1.80. The summed E-state index contributed by atoms with van der Waals surface area (Å²) in [5.74, 6) is 0.0642. The first-order valence-corrected chi connectivity index (χ1v) is 4.47. The number of hydrogen-bond donors (Lipinski definition) is 0. The topological polar surface area (TPSA) is 38.9 Å². The number of nitrogens with zero attached hydrogens (tertiary/aromatic N) is 2. The van der Waals surface area contributed by atoms with E-state index in [0.717, 1.165) is 0 Å². The van der Waals surface area contributed by atoms with Crippen LogP contribution in [-0.2, 0) is 0 Å². The molecule has 0 aliphatic rings. The number of allylic oxidation sites excluding steroid dienone is 1. The van der Waals surface area contributed by atoms with Gasteiger partial charge in [-0.15, -0.1) is 0 Å². The molecule has 2 rings (SSSR count). The van der Waals surface area contributed by atoms with Crippen molar-refractivity contribution in [2.75, 3.05) is 0 Å². The third-order valence-electron chi connectivity index (χ3n) is 1.80. The summed E-state index contributed by atoms with van der Waals surface area (Å²) >= 11 is 0. The smallest absolute Gasteiger partial charge is 0.162 e. The van der Waals surface area contributed by atoms with Gasteiger partial charge in [-0.2, -0.15) is 0 Å². The molecule has 2 aromatic rings. The molecule has 0 saturated carbocycles. The highest BCUT2D eigenvalue weighted by Crippen LogP contribution is 2.17. The quantitative estimate of drug-likeness (QED) is 0.754. The maximum atomic E-state index is 12.6. The van der Waals surface area contributed by atoms with E-state index in [1.165, 1.54) is 13.0 Å². The third kappa shape index (κ3) is 2.28. The molecule has 0 aliphatic heterocycles. The molecule has 15 heavy (non-hydrogen) atoms. The Balaban J connectivity index is 2.32. The second-order valence-corrected chi connectivity index (χ2v) is 3.06. The summed E-state index contributed by atoms with van der Waals surface area (Å²) < 4.78 is 17.5. The molecule has 0 saturated heterocycles. The van der Waals surface area contributed by atoms with Crippen LogP contribution in [0.4, 0.5) is 4.39 Å². The Morgan fingerprint density at radius 1 is 1.40 bits per heavy atom. The van der Waals surface area contributed by atoms with Crippen molar-refractivity contribution >= 4 is 6.08 Å². The number of hydrogen-bond acceptors (Lipinski definition) is 3. The summed E-state index contributed by atoms with van der Waals surface area (Å²) in [4.78, 5) is 4.10. The Kier molecular flexibility index (Phi) is 2.58. The average Bonchev–Trinajstić information content (AvgIpc) is 2.67. The lowest BCUT2D eigenvalue weighted by Gasteiger charge is -1.90. The maximum absolute atomic E-state index is 12.6. The Bertz CT molecular complexity index is 472. The Labute approximate surface area is 86.2 Å². The van der Waals surface area contributed by atoms with Crippen LogP contribution in [-0.4, -0.2) is 10.1 Å². The summed E-state index contributed by atoms with van der Waals surface area (Å²) in [7, 11) is 0. The fourth-order valence-corrected chi connectivity index (χ4v) is 1.19. The second kappa shape index (κ2) is 4.04. The molecule has 76 valence electrons. The van der Waals surface area contributed by atoms with Crippen LogP contribution >= 0.6 is 0 Å².